The fourth-order valence-corrected chi connectivity index (χ4v) is 4.19. The SMILES string of the molecule is CC(C)NCc1cn[nH]c1S(=O)(=O)N1CCC(C)C(C)C1. The molecule has 6 nitrogen and oxygen atoms in total. The number of hydrogen-bond acceptors (Lipinski definition) is 4. The van der Waals surface area contributed by atoms with Crippen molar-refractivity contribution in [1.29, 1.82) is 0 Å². The molecular formula is C14H26N4O2S. The molecule has 0 aliphatic carbocycles. The van der Waals surface area contributed by atoms with Gasteiger partial charge in [0.1, 0.15) is 0 Å². The van der Waals surface area contributed by atoms with Crippen LogP contribution in [0.3, 0.4) is 0 Å². The molecule has 1 aromatic rings. The van der Waals surface area contributed by atoms with Crippen molar-refractivity contribution in [2.75, 3.05) is 13.1 Å². The molecule has 0 bridgehead atoms. The molecule has 7 heteroatoms. The zero-order chi connectivity index (χ0) is 15.6. The van der Waals surface area contributed by atoms with Crippen LogP contribution in [0.2, 0.25) is 0 Å². The number of nitrogens with zero attached hydrogens (tertiary/aromatic N) is 2. The third-order valence-corrected chi connectivity index (χ3v) is 6.15. The van der Waals surface area contributed by atoms with Crippen molar-refractivity contribution in [3.05, 3.63) is 11.8 Å². The summed E-state index contributed by atoms with van der Waals surface area (Å²) in [6, 6.07) is 0.298. The summed E-state index contributed by atoms with van der Waals surface area (Å²) >= 11 is 0. The van der Waals surface area contributed by atoms with Gasteiger partial charge in [-0.25, -0.2) is 8.42 Å². The zero-order valence-electron chi connectivity index (χ0n) is 13.3. The Balaban J connectivity index is 2.18. The Morgan fingerprint density at radius 3 is 2.76 bits per heavy atom. The Kier molecular flexibility index (Phi) is 5.06. The van der Waals surface area contributed by atoms with E-state index in [0.717, 1.165) is 6.42 Å². The average molecular weight is 314 g/mol. The molecule has 120 valence electrons. The molecule has 2 heterocycles. The van der Waals surface area contributed by atoms with Crippen LogP contribution in [0.25, 0.3) is 0 Å². The first-order valence-corrected chi connectivity index (χ1v) is 9.02. The van der Waals surface area contributed by atoms with Crippen molar-refractivity contribution in [2.24, 2.45) is 11.8 Å². The maximum atomic E-state index is 12.8. The van der Waals surface area contributed by atoms with Crippen molar-refractivity contribution in [3.8, 4) is 0 Å². The quantitative estimate of drug-likeness (QED) is 0.865. The normalized spacial score (nSPS) is 24.6. The van der Waals surface area contributed by atoms with E-state index in [0.29, 0.717) is 43.1 Å². The van der Waals surface area contributed by atoms with Crippen LogP contribution in [0.4, 0.5) is 0 Å². The lowest BCUT2D eigenvalue weighted by Gasteiger charge is -2.34. The van der Waals surface area contributed by atoms with E-state index < -0.39 is 10.0 Å². The van der Waals surface area contributed by atoms with Crippen LogP contribution in [0.1, 0.15) is 39.7 Å². The van der Waals surface area contributed by atoms with E-state index in [9.17, 15) is 8.42 Å². The van der Waals surface area contributed by atoms with Crippen LogP contribution in [0, 0.1) is 11.8 Å². The topological polar surface area (TPSA) is 78.1 Å². The highest BCUT2D eigenvalue weighted by Crippen LogP contribution is 2.27. The number of aromatic nitrogens is 2. The predicted molar refractivity (Wildman–Crippen MR) is 82.3 cm³/mol. The molecule has 0 radical (unpaired) electrons. The first-order chi connectivity index (χ1) is 9.82. The summed E-state index contributed by atoms with van der Waals surface area (Å²) in [6.07, 6.45) is 2.51. The van der Waals surface area contributed by atoms with Crippen LogP contribution in [0.15, 0.2) is 11.2 Å². The van der Waals surface area contributed by atoms with Crippen molar-refractivity contribution in [1.82, 2.24) is 19.8 Å². The number of rotatable bonds is 5. The Bertz CT molecular complexity index is 567. The van der Waals surface area contributed by atoms with Crippen LogP contribution >= 0.6 is 0 Å². The van der Waals surface area contributed by atoms with Crippen LogP contribution in [0.5, 0.6) is 0 Å². The van der Waals surface area contributed by atoms with Gasteiger partial charge in [0, 0.05) is 31.2 Å². The first kappa shape index (κ1) is 16.5. The monoisotopic (exact) mass is 314 g/mol. The van der Waals surface area contributed by atoms with Crippen LogP contribution < -0.4 is 5.32 Å². The minimum Gasteiger partial charge on any atom is -0.310 e. The lowest BCUT2D eigenvalue weighted by atomic mass is 9.90. The van der Waals surface area contributed by atoms with Gasteiger partial charge in [0.25, 0.3) is 10.0 Å². The molecule has 2 N–H and O–H groups in total. The van der Waals surface area contributed by atoms with E-state index in [2.05, 4.69) is 29.4 Å². The van der Waals surface area contributed by atoms with Crippen molar-refractivity contribution in [3.63, 3.8) is 0 Å². The summed E-state index contributed by atoms with van der Waals surface area (Å²) in [4.78, 5) is 0. The fourth-order valence-electron chi connectivity index (χ4n) is 2.53. The number of piperidine rings is 1. The average Bonchev–Trinajstić information content (AvgIpc) is 2.88. The molecule has 2 unspecified atom stereocenters. The molecular weight excluding hydrogens is 288 g/mol. The molecule has 0 amide bonds. The van der Waals surface area contributed by atoms with Gasteiger partial charge in [-0.2, -0.15) is 9.40 Å². The molecule has 1 saturated heterocycles. The van der Waals surface area contributed by atoms with E-state index in [1.165, 1.54) is 0 Å². The van der Waals surface area contributed by atoms with Gasteiger partial charge in [0.2, 0.25) is 0 Å². The van der Waals surface area contributed by atoms with Crippen molar-refractivity contribution >= 4 is 10.0 Å². The second-order valence-electron chi connectivity index (χ2n) is 6.37. The Labute approximate surface area is 127 Å². The van der Waals surface area contributed by atoms with E-state index in [1.807, 2.05) is 13.8 Å². The van der Waals surface area contributed by atoms with Crippen molar-refractivity contribution in [2.45, 2.75) is 51.7 Å². The summed E-state index contributed by atoms with van der Waals surface area (Å²) in [7, 11) is -3.48. The Morgan fingerprint density at radius 1 is 1.43 bits per heavy atom. The molecule has 0 saturated carbocycles. The molecule has 1 fully saturated rings. The fraction of sp³-hybridized carbons (Fsp3) is 0.786. The third kappa shape index (κ3) is 3.64. The van der Waals surface area contributed by atoms with E-state index in [-0.39, 0.29) is 5.03 Å². The minimum atomic E-state index is -3.48. The predicted octanol–water partition coefficient (Wildman–Crippen LogP) is 1.57. The van der Waals surface area contributed by atoms with Gasteiger partial charge < -0.3 is 5.32 Å². The molecule has 2 atom stereocenters. The van der Waals surface area contributed by atoms with Crippen LogP contribution in [-0.4, -0.2) is 42.1 Å². The summed E-state index contributed by atoms with van der Waals surface area (Å²) in [5.41, 5.74) is 0.704. The van der Waals surface area contributed by atoms with E-state index in [4.69, 9.17) is 0 Å². The van der Waals surface area contributed by atoms with Crippen LogP contribution in [-0.2, 0) is 16.6 Å². The number of nitrogens with one attached hydrogen (secondary N) is 2. The number of aromatic amines is 1. The molecule has 1 aliphatic rings. The molecule has 1 aromatic heterocycles. The Morgan fingerprint density at radius 2 is 2.14 bits per heavy atom. The van der Waals surface area contributed by atoms with Gasteiger partial charge in [-0.15, -0.1) is 0 Å². The summed E-state index contributed by atoms with van der Waals surface area (Å²) in [5, 5.41) is 10.1. The maximum Gasteiger partial charge on any atom is 0.260 e. The van der Waals surface area contributed by atoms with E-state index >= 15 is 0 Å². The molecule has 0 spiro atoms. The number of sulfonamides is 1. The molecule has 21 heavy (non-hydrogen) atoms. The molecule has 0 aromatic carbocycles. The zero-order valence-corrected chi connectivity index (χ0v) is 14.1. The summed E-state index contributed by atoms with van der Waals surface area (Å²) in [6.45, 7) is 10.0. The highest BCUT2D eigenvalue weighted by Gasteiger charge is 2.33. The minimum absolute atomic E-state index is 0.234. The molecule has 2 rings (SSSR count). The van der Waals surface area contributed by atoms with Gasteiger partial charge >= 0.3 is 0 Å². The second kappa shape index (κ2) is 6.46. The number of H-pyrrole nitrogens is 1. The van der Waals surface area contributed by atoms with Gasteiger partial charge in [-0.3, -0.25) is 5.10 Å². The maximum absolute atomic E-state index is 12.8. The highest BCUT2D eigenvalue weighted by atomic mass is 32.2. The summed E-state index contributed by atoms with van der Waals surface area (Å²) < 4.78 is 27.2. The smallest absolute Gasteiger partial charge is 0.260 e. The highest BCUT2D eigenvalue weighted by molar-refractivity contribution is 7.89. The van der Waals surface area contributed by atoms with Gasteiger partial charge in [-0.05, 0) is 18.3 Å². The van der Waals surface area contributed by atoms with Crippen molar-refractivity contribution < 1.29 is 8.42 Å². The first-order valence-electron chi connectivity index (χ1n) is 7.58. The Hall–Kier alpha value is -0.920. The largest absolute Gasteiger partial charge is 0.310 e. The lowest BCUT2D eigenvalue weighted by Crippen LogP contribution is -2.42. The van der Waals surface area contributed by atoms with Gasteiger partial charge in [0.05, 0.1) is 6.20 Å². The van der Waals surface area contributed by atoms with E-state index in [1.54, 1.807) is 10.5 Å². The standard InChI is InChI=1S/C14H26N4O2S/c1-10(2)15-7-13-8-16-17-14(13)21(19,20)18-6-5-11(3)12(4)9-18/h8,10-12,15H,5-7,9H2,1-4H3,(H,16,17). The third-order valence-electron chi connectivity index (χ3n) is 4.27. The molecule has 1 aliphatic heterocycles. The lowest BCUT2D eigenvalue weighted by molar-refractivity contribution is 0.212. The van der Waals surface area contributed by atoms with Gasteiger partial charge in [0.15, 0.2) is 5.03 Å². The second-order valence-corrected chi connectivity index (χ2v) is 8.24. The number of hydrogen-bond donors (Lipinski definition) is 2. The van der Waals surface area contributed by atoms with Gasteiger partial charge in [-0.1, -0.05) is 27.7 Å². The summed E-state index contributed by atoms with van der Waals surface area (Å²) in [5.74, 6) is 0.953.